The van der Waals surface area contributed by atoms with Crippen LogP contribution < -0.4 is 0 Å². The van der Waals surface area contributed by atoms with Crippen molar-refractivity contribution < 1.29 is 13.2 Å². The van der Waals surface area contributed by atoms with Gasteiger partial charge in [0, 0.05) is 12.4 Å². The Morgan fingerprint density at radius 1 is 0.947 bits per heavy atom. The van der Waals surface area contributed by atoms with Crippen LogP contribution in [-0.4, -0.2) is 9.97 Å². The Morgan fingerprint density at radius 2 is 1.47 bits per heavy atom. The summed E-state index contributed by atoms with van der Waals surface area (Å²) < 4.78 is 39.2. The predicted octanol–water partition coefficient (Wildman–Crippen LogP) is 3.82. The Morgan fingerprint density at radius 3 is 2.05 bits per heavy atom. The Hall–Kier alpha value is -1.62. The van der Waals surface area contributed by atoms with Crippen molar-refractivity contribution in [2.24, 2.45) is 0 Å². The molecule has 0 bridgehead atoms. The van der Waals surface area contributed by atoms with Gasteiger partial charge in [-0.05, 0) is 53.1 Å². The lowest BCUT2D eigenvalue weighted by atomic mass is 10.1. The molecule has 0 saturated heterocycles. The highest BCUT2D eigenvalue weighted by molar-refractivity contribution is 6.28. The van der Waals surface area contributed by atoms with E-state index in [1.54, 1.807) is 12.4 Å². The van der Waals surface area contributed by atoms with Crippen LogP contribution in [0.15, 0.2) is 24.5 Å². The molecule has 1 saturated carbocycles. The van der Waals surface area contributed by atoms with E-state index in [9.17, 15) is 13.2 Å². The molecule has 1 aromatic carbocycles. The summed E-state index contributed by atoms with van der Waals surface area (Å²) in [4.78, 5) is 7.73. The van der Waals surface area contributed by atoms with Crippen LogP contribution in [0.3, 0.4) is 0 Å². The van der Waals surface area contributed by atoms with Gasteiger partial charge in [0.1, 0.15) is 0 Å². The molecule has 1 aliphatic carbocycles. The predicted molar refractivity (Wildman–Crippen MR) is 63.5 cm³/mol. The monoisotopic (exact) mass is 284 g/mol. The minimum Gasteiger partial charge on any atom is -0.226 e. The van der Waals surface area contributed by atoms with Crippen molar-refractivity contribution in [2.75, 3.05) is 0 Å². The van der Waals surface area contributed by atoms with Gasteiger partial charge in [-0.2, -0.15) is 0 Å². The standard InChI is InChI=1S/C13H8ClF3N2/c14-13-18-4-7(5-19-13)9-3-8(9)6-1-10(15)12(17)11(16)2-6/h1-2,4-5,8-9H,3H2. The summed E-state index contributed by atoms with van der Waals surface area (Å²) in [5.41, 5.74) is 1.32. The second kappa shape index (κ2) is 4.49. The zero-order valence-corrected chi connectivity index (χ0v) is 10.3. The summed E-state index contributed by atoms with van der Waals surface area (Å²) >= 11 is 5.59. The highest BCUT2D eigenvalue weighted by atomic mass is 35.5. The quantitative estimate of drug-likeness (QED) is 0.619. The first-order chi connectivity index (χ1) is 9.06. The largest absolute Gasteiger partial charge is 0.226 e. The van der Waals surface area contributed by atoms with Gasteiger partial charge in [0.15, 0.2) is 17.5 Å². The molecule has 0 N–H and O–H groups in total. The maximum absolute atomic E-state index is 13.2. The minimum atomic E-state index is -1.43. The first-order valence-electron chi connectivity index (χ1n) is 5.68. The number of hydrogen-bond acceptors (Lipinski definition) is 2. The highest BCUT2D eigenvalue weighted by Gasteiger charge is 2.40. The zero-order valence-electron chi connectivity index (χ0n) is 9.58. The van der Waals surface area contributed by atoms with Gasteiger partial charge in [-0.15, -0.1) is 0 Å². The molecule has 1 heterocycles. The number of aromatic nitrogens is 2. The van der Waals surface area contributed by atoms with Gasteiger partial charge in [-0.3, -0.25) is 0 Å². The molecule has 0 radical (unpaired) electrons. The normalized spacial score (nSPS) is 21.5. The third-order valence-corrected chi connectivity index (χ3v) is 3.49. The van der Waals surface area contributed by atoms with E-state index in [2.05, 4.69) is 9.97 Å². The molecule has 1 aliphatic rings. The molecule has 1 fully saturated rings. The zero-order chi connectivity index (χ0) is 13.6. The molecular weight excluding hydrogens is 277 g/mol. The van der Waals surface area contributed by atoms with Crippen molar-refractivity contribution in [2.45, 2.75) is 18.3 Å². The second-order valence-corrected chi connectivity index (χ2v) is 4.87. The molecule has 98 valence electrons. The first kappa shape index (κ1) is 12.4. The van der Waals surface area contributed by atoms with Crippen molar-refractivity contribution in [3.8, 4) is 0 Å². The lowest BCUT2D eigenvalue weighted by Crippen LogP contribution is -1.95. The highest BCUT2D eigenvalue weighted by Crippen LogP contribution is 2.54. The number of hydrogen-bond donors (Lipinski definition) is 0. The third kappa shape index (κ3) is 2.30. The van der Waals surface area contributed by atoms with Gasteiger partial charge < -0.3 is 0 Å². The van der Waals surface area contributed by atoms with E-state index in [-0.39, 0.29) is 17.1 Å². The number of rotatable bonds is 2. The fourth-order valence-corrected chi connectivity index (χ4v) is 2.33. The Labute approximate surface area is 112 Å². The SMILES string of the molecule is Fc1cc(C2CC2c2cnc(Cl)nc2)cc(F)c1F. The van der Waals surface area contributed by atoms with Gasteiger partial charge >= 0.3 is 0 Å². The van der Waals surface area contributed by atoms with Crippen LogP contribution in [0, 0.1) is 17.5 Å². The van der Waals surface area contributed by atoms with E-state index in [4.69, 9.17) is 11.6 Å². The van der Waals surface area contributed by atoms with Gasteiger partial charge in [0.2, 0.25) is 5.28 Å². The average Bonchev–Trinajstić information content (AvgIpc) is 3.16. The Kier molecular flexibility index (Phi) is 2.93. The van der Waals surface area contributed by atoms with Gasteiger partial charge in [-0.25, -0.2) is 23.1 Å². The molecule has 2 nitrogen and oxygen atoms in total. The molecule has 3 rings (SSSR count). The molecule has 0 aliphatic heterocycles. The van der Waals surface area contributed by atoms with Crippen LogP contribution in [0.25, 0.3) is 0 Å². The van der Waals surface area contributed by atoms with E-state index >= 15 is 0 Å². The Balaban J connectivity index is 1.85. The van der Waals surface area contributed by atoms with E-state index in [1.165, 1.54) is 0 Å². The van der Waals surface area contributed by atoms with E-state index in [1.807, 2.05) is 0 Å². The van der Waals surface area contributed by atoms with E-state index in [0.717, 1.165) is 24.1 Å². The molecule has 2 unspecified atom stereocenters. The van der Waals surface area contributed by atoms with Crippen LogP contribution in [-0.2, 0) is 0 Å². The van der Waals surface area contributed by atoms with Crippen molar-refractivity contribution >= 4 is 11.6 Å². The smallest absolute Gasteiger partial charge is 0.222 e. The number of nitrogens with zero attached hydrogens (tertiary/aromatic N) is 2. The van der Waals surface area contributed by atoms with Gasteiger partial charge in [-0.1, -0.05) is 0 Å². The van der Waals surface area contributed by atoms with Crippen molar-refractivity contribution in [3.63, 3.8) is 0 Å². The maximum atomic E-state index is 13.2. The fraction of sp³-hybridized carbons (Fsp3) is 0.231. The van der Waals surface area contributed by atoms with Gasteiger partial charge in [0.25, 0.3) is 0 Å². The third-order valence-electron chi connectivity index (χ3n) is 3.29. The van der Waals surface area contributed by atoms with Crippen molar-refractivity contribution in [3.05, 3.63) is 58.4 Å². The molecule has 0 spiro atoms. The lowest BCUT2D eigenvalue weighted by Gasteiger charge is -2.03. The van der Waals surface area contributed by atoms with Crippen LogP contribution in [0.2, 0.25) is 5.28 Å². The average molecular weight is 285 g/mol. The van der Waals surface area contributed by atoms with Gasteiger partial charge in [0.05, 0.1) is 0 Å². The van der Waals surface area contributed by atoms with Crippen molar-refractivity contribution in [1.82, 2.24) is 9.97 Å². The van der Waals surface area contributed by atoms with Crippen molar-refractivity contribution in [1.29, 1.82) is 0 Å². The number of benzene rings is 1. The van der Waals surface area contributed by atoms with Crippen LogP contribution in [0.5, 0.6) is 0 Å². The molecule has 2 atom stereocenters. The number of halogens is 4. The summed E-state index contributed by atoms with van der Waals surface area (Å²) in [6.07, 6.45) is 3.92. The molecule has 0 amide bonds. The lowest BCUT2D eigenvalue weighted by molar-refractivity contribution is 0.445. The van der Waals surface area contributed by atoms with E-state index in [0.29, 0.717) is 5.56 Å². The van der Waals surface area contributed by atoms with E-state index < -0.39 is 17.5 Å². The van der Waals surface area contributed by atoms with Crippen LogP contribution >= 0.6 is 11.6 Å². The minimum absolute atomic E-state index is 0.0330. The summed E-state index contributed by atoms with van der Waals surface area (Å²) in [5.74, 6) is -3.69. The second-order valence-electron chi connectivity index (χ2n) is 4.53. The summed E-state index contributed by atoms with van der Waals surface area (Å²) in [6, 6.07) is 2.08. The topological polar surface area (TPSA) is 25.8 Å². The molecule has 19 heavy (non-hydrogen) atoms. The van der Waals surface area contributed by atoms with Crippen LogP contribution in [0.4, 0.5) is 13.2 Å². The fourth-order valence-electron chi connectivity index (χ4n) is 2.23. The molecular formula is C13H8ClF3N2. The maximum Gasteiger partial charge on any atom is 0.222 e. The Bertz CT molecular complexity index is 607. The molecule has 1 aromatic heterocycles. The summed E-state index contributed by atoms with van der Waals surface area (Å²) in [6.45, 7) is 0. The molecule has 6 heteroatoms. The van der Waals surface area contributed by atoms with Crippen LogP contribution in [0.1, 0.15) is 29.4 Å². The summed E-state index contributed by atoms with van der Waals surface area (Å²) in [7, 11) is 0. The summed E-state index contributed by atoms with van der Waals surface area (Å²) in [5, 5.41) is 0.153. The first-order valence-corrected chi connectivity index (χ1v) is 6.06. The molecule has 2 aromatic rings.